The fourth-order valence-electron chi connectivity index (χ4n) is 0.406. The zero-order valence-electron chi connectivity index (χ0n) is 5.05. The van der Waals surface area contributed by atoms with E-state index in [1.165, 1.54) is 6.08 Å². The number of hydrogen-bond donors (Lipinski definition) is 0. The third-order valence-corrected chi connectivity index (χ3v) is 0.798. The first-order valence-corrected chi connectivity index (χ1v) is 2.77. The molecule has 1 radical (unpaired) electrons. The summed E-state index contributed by atoms with van der Waals surface area (Å²) in [6.45, 7) is 2.65. The molecule has 0 rings (SSSR count). The van der Waals surface area contributed by atoms with Gasteiger partial charge in [-0.15, -0.1) is 0 Å². The summed E-state index contributed by atoms with van der Waals surface area (Å²) in [6, 6.07) is 0. The number of hydrogen-bond acceptors (Lipinski definition) is 2. The standard InChI is InChI=1S/C6H10NO/c1-2-3-4-5-7-6-8/h3H,2,4-5H2,1H3. The molecule has 0 aliphatic carbocycles. The van der Waals surface area contributed by atoms with Crippen LogP contribution < -0.4 is 0 Å². The summed E-state index contributed by atoms with van der Waals surface area (Å²) >= 11 is 0. The molecule has 0 fully saturated rings. The zero-order valence-corrected chi connectivity index (χ0v) is 5.05. The van der Waals surface area contributed by atoms with Gasteiger partial charge in [-0.05, 0) is 12.8 Å². The molecule has 0 saturated carbocycles. The van der Waals surface area contributed by atoms with Gasteiger partial charge in [-0.25, -0.2) is 9.79 Å². The molecule has 2 heteroatoms. The first kappa shape index (κ1) is 7.38. The van der Waals surface area contributed by atoms with Crippen molar-refractivity contribution >= 4 is 6.08 Å². The van der Waals surface area contributed by atoms with Crippen molar-refractivity contribution in [3.8, 4) is 0 Å². The van der Waals surface area contributed by atoms with Crippen molar-refractivity contribution in [1.29, 1.82) is 0 Å². The summed E-state index contributed by atoms with van der Waals surface area (Å²) in [5.41, 5.74) is 0. The van der Waals surface area contributed by atoms with Crippen molar-refractivity contribution in [2.45, 2.75) is 19.8 Å². The highest BCUT2D eigenvalue weighted by Gasteiger charge is 1.80. The largest absolute Gasteiger partial charge is 0.234 e. The third-order valence-electron chi connectivity index (χ3n) is 0.798. The van der Waals surface area contributed by atoms with E-state index in [-0.39, 0.29) is 0 Å². The van der Waals surface area contributed by atoms with Gasteiger partial charge in [0, 0.05) is 0 Å². The molecule has 0 aromatic rings. The van der Waals surface area contributed by atoms with E-state index in [1.54, 1.807) is 0 Å². The number of unbranched alkanes of at least 4 members (excludes halogenated alkanes) is 2. The van der Waals surface area contributed by atoms with Gasteiger partial charge in [0.15, 0.2) is 0 Å². The Bertz CT molecular complexity index is 84.5. The molecule has 2 nitrogen and oxygen atoms in total. The van der Waals surface area contributed by atoms with Gasteiger partial charge in [0.1, 0.15) is 0 Å². The fourth-order valence-corrected chi connectivity index (χ4v) is 0.406. The molecule has 0 aromatic heterocycles. The summed E-state index contributed by atoms with van der Waals surface area (Å²) in [6.07, 6.45) is 5.51. The number of isocyanates is 1. The lowest BCUT2D eigenvalue weighted by atomic mass is 10.3. The van der Waals surface area contributed by atoms with Gasteiger partial charge in [0.2, 0.25) is 6.08 Å². The third kappa shape index (κ3) is 5.38. The quantitative estimate of drug-likeness (QED) is 0.306. The molecule has 0 spiro atoms. The number of rotatable bonds is 4. The minimum absolute atomic E-state index is 0.595. The van der Waals surface area contributed by atoms with Gasteiger partial charge >= 0.3 is 0 Å². The van der Waals surface area contributed by atoms with Crippen LogP contribution in [0.3, 0.4) is 0 Å². The monoisotopic (exact) mass is 112 g/mol. The van der Waals surface area contributed by atoms with Gasteiger partial charge in [0.25, 0.3) is 0 Å². The first-order valence-electron chi connectivity index (χ1n) is 2.77. The van der Waals surface area contributed by atoms with E-state index in [0.717, 1.165) is 12.8 Å². The van der Waals surface area contributed by atoms with E-state index in [2.05, 4.69) is 18.3 Å². The van der Waals surface area contributed by atoms with Gasteiger partial charge in [0.05, 0.1) is 6.54 Å². The van der Waals surface area contributed by atoms with Crippen LogP contribution in [0.5, 0.6) is 0 Å². The predicted octanol–water partition coefficient (Wildman–Crippen LogP) is 1.33. The highest BCUT2D eigenvalue weighted by Crippen LogP contribution is 1.90. The molecule has 0 aromatic carbocycles. The van der Waals surface area contributed by atoms with Crippen molar-refractivity contribution in [3.05, 3.63) is 6.42 Å². The van der Waals surface area contributed by atoms with Gasteiger partial charge in [-0.3, -0.25) is 0 Å². The maximum absolute atomic E-state index is 9.46. The van der Waals surface area contributed by atoms with Crippen LogP contribution in [0.1, 0.15) is 19.8 Å². The Morgan fingerprint density at radius 3 is 3.00 bits per heavy atom. The minimum atomic E-state index is 0.595. The lowest BCUT2D eigenvalue weighted by molar-refractivity contribution is 0.562. The van der Waals surface area contributed by atoms with Gasteiger partial charge in [-0.2, -0.15) is 0 Å². The van der Waals surface area contributed by atoms with Crippen molar-refractivity contribution in [2.24, 2.45) is 4.99 Å². The molecule has 0 aliphatic rings. The van der Waals surface area contributed by atoms with Crippen LogP contribution in [-0.4, -0.2) is 12.6 Å². The smallest absolute Gasteiger partial charge is 0.211 e. The second kappa shape index (κ2) is 6.38. The van der Waals surface area contributed by atoms with Crippen LogP contribution >= 0.6 is 0 Å². The van der Waals surface area contributed by atoms with Crippen molar-refractivity contribution in [3.63, 3.8) is 0 Å². The SMILES string of the molecule is CC[CH]CCN=C=O. The Balaban J connectivity index is 2.82. The predicted molar refractivity (Wildman–Crippen MR) is 32.2 cm³/mol. The Morgan fingerprint density at radius 1 is 1.75 bits per heavy atom. The van der Waals surface area contributed by atoms with E-state index >= 15 is 0 Å². The molecule has 0 N–H and O–H groups in total. The Labute approximate surface area is 49.6 Å². The topological polar surface area (TPSA) is 29.4 Å². The van der Waals surface area contributed by atoms with Crippen molar-refractivity contribution < 1.29 is 4.79 Å². The molecule has 0 amide bonds. The van der Waals surface area contributed by atoms with Crippen LogP contribution in [0.15, 0.2) is 4.99 Å². The van der Waals surface area contributed by atoms with Crippen molar-refractivity contribution in [2.75, 3.05) is 6.54 Å². The van der Waals surface area contributed by atoms with Gasteiger partial charge in [-0.1, -0.05) is 13.3 Å². The molecule has 45 valence electrons. The second-order valence-electron chi connectivity index (χ2n) is 1.46. The maximum atomic E-state index is 9.46. The van der Waals surface area contributed by atoms with E-state index < -0.39 is 0 Å². The number of nitrogens with zero attached hydrogens (tertiary/aromatic N) is 1. The Hall–Kier alpha value is -0.620. The van der Waals surface area contributed by atoms with Crippen LogP contribution in [0.25, 0.3) is 0 Å². The van der Waals surface area contributed by atoms with Crippen LogP contribution in [-0.2, 0) is 4.79 Å². The second-order valence-corrected chi connectivity index (χ2v) is 1.46. The van der Waals surface area contributed by atoms with E-state index in [0.29, 0.717) is 6.54 Å². The molecular weight excluding hydrogens is 102 g/mol. The van der Waals surface area contributed by atoms with Crippen molar-refractivity contribution in [1.82, 2.24) is 0 Å². The summed E-state index contributed by atoms with van der Waals surface area (Å²) in [5.74, 6) is 0. The van der Waals surface area contributed by atoms with Crippen LogP contribution in [0.4, 0.5) is 0 Å². The van der Waals surface area contributed by atoms with Gasteiger partial charge < -0.3 is 0 Å². The summed E-state index contributed by atoms with van der Waals surface area (Å²) in [4.78, 5) is 12.8. The average Bonchev–Trinajstić information content (AvgIpc) is 1.81. The number of aliphatic imine (C=N–C) groups is 1. The highest BCUT2D eigenvalue weighted by atomic mass is 16.1. The van der Waals surface area contributed by atoms with E-state index in [1.807, 2.05) is 0 Å². The summed E-state index contributed by atoms with van der Waals surface area (Å²) in [5, 5.41) is 0. The molecule has 0 saturated heterocycles. The zero-order chi connectivity index (χ0) is 6.24. The van der Waals surface area contributed by atoms with Crippen LogP contribution in [0.2, 0.25) is 0 Å². The summed E-state index contributed by atoms with van der Waals surface area (Å²) < 4.78 is 0. The molecule has 0 unspecified atom stereocenters. The Kier molecular flexibility index (Phi) is 5.89. The molecule has 0 atom stereocenters. The normalized spacial score (nSPS) is 8.12. The Morgan fingerprint density at radius 2 is 2.50 bits per heavy atom. The lowest BCUT2D eigenvalue weighted by Gasteiger charge is -1.86. The highest BCUT2D eigenvalue weighted by molar-refractivity contribution is 5.32. The average molecular weight is 112 g/mol. The first-order chi connectivity index (χ1) is 3.91. The molecule has 0 heterocycles. The maximum Gasteiger partial charge on any atom is 0.234 e. The van der Waals surface area contributed by atoms with E-state index in [4.69, 9.17) is 0 Å². The molecule has 8 heavy (non-hydrogen) atoms. The van der Waals surface area contributed by atoms with E-state index in [9.17, 15) is 4.79 Å². The number of carbonyl (C=O) groups excluding carboxylic acids is 1. The molecule has 0 aliphatic heterocycles. The fraction of sp³-hybridized carbons (Fsp3) is 0.667. The minimum Gasteiger partial charge on any atom is -0.211 e. The lowest BCUT2D eigenvalue weighted by Crippen LogP contribution is -1.78. The molecular formula is C6H10NO. The molecule has 0 bridgehead atoms. The summed E-state index contributed by atoms with van der Waals surface area (Å²) in [7, 11) is 0. The van der Waals surface area contributed by atoms with Crippen LogP contribution in [0, 0.1) is 6.42 Å².